The molecule has 0 atom stereocenters. The van der Waals surface area contributed by atoms with Gasteiger partial charge in [0.25, 0.3) is 5.91 Å². The lowest BCUT2D eigenvalue weighted by atomic mass is 10.1. The molecule has 2 aromatic carbocycles. The molecule has 2 aromatic rings. The molecule has 0 N–H and O–H groups in total. The summed E-state index contributed by atoms with van der Waals surface area (Å²) in [4.78, 5) is 18.5. The second kappa shape index (κ2) is 4.77. The first-order valence-corrected chi connectivity index (χ1v) is 6.97. The molecule has 0 aliphatic carbocycles. The lowest BCUT2D eigenvalue weighted by Crippen LogP contribution is -2.25. The smallest absolute Gasteiger partial charge is 0.277 e. The van der Waals surface area contributed by atoms with Crippen molar-refractivity contribution in [3.05, 3.63) is 57.7 Å². The highest BCUT2D eigenvalue weighted by atomic mass is 127. The van der Waals surface area contributed by atoms with E-state index < -0.39 is 0 Å². The van der Waals surface area contributed by atoms with Crippen LogP contribution in [-0.4, -0.2) is 18.7 Å². The van der Waals surface area contributed by atoms with Crippen LogP contribution in [0.4, 0.5) is 11.4 Å². The summed E-state index contributed by atoms with van der Waals surface area (Å²) in [6.45, 7) is 0. The molecular weight excluding hydrogens is 351 g/mol. The minimum absolute atomic E-state index is 0.0548. The molecule has 0 spiro atoms. The van der Waals surface area contributed by atoms with Crippen LogP contribution in [0.2, 0.25) is 0 Å². The van der Waals surface area contributed by atoms with Gasteiger partial charge in [0.1, 0.15) is 5.71 Å². The standard InChI is InChI=1S/C15H11IN2O/c1-18-13-9-5-2-6-10(13)14(15(18)19)17-12-8-4-3-7-11(12)16/h2-9H,1H3. The van der Waals surface area contributed by atoms with Crippen molar-refractivity contribution in [1.29, 1.82) is 0 Å². The van der Waals surface area contributed by atoms with Crippen LogP contribution in [0, 0.1) is 3.57 Å². The van der Waals surface area contributed by atoms with Crippen molar-refractivity contribution < 1.29 is 4.79 Å². The maximum absolute atomic E-state index is 12.3. The van der Waals surface area contributed by atoms with E-state index in [1.165, 1.54) is 0 Å². The average molecular weight is 362 g/mol. The fourth-order valence-electron chi connectivity index (χ4n) is 2.12. The van der Waals surface area contributed by atoms with E-state index in [0.29, 0.717) is 5.71 Å². The zero-order chi connectivity index (χ0) is 13.4. The average Bonchev–Trinajstić information content (AvgIpc) is 2.67. The SMILES string of the molecule is CN1C(=O)C(=Nc2ccccc2I)c2ccccc21. The minimum atomic E-state index is -0.0548. The van der Waals surface area contributed by atoms with Gasteiger partial charge >= 0.3 is 0 Å². The maximum Gasteiger partial charge on any atom is 0.277 e. The Bertz CT molecular complexity index is 694. The summed E-state index contributed by atoms with van der Waals surface area (Å²) in [5.41, 5.74) is 3.16. The molecule has 0 bridgehead atoms. The lowest BCUT2D eigenvalue weighted by Gasteiger charge is -2.07. The fourth-order valence-corrected chi connectivity index (χ4v) is 2.63. The van der Waals surface area contributed by atoms with Crippen molar-refractivity contribution in [2.24, 2.45) is 4.99 Å². The van der Waals surface area contributed by atoms with Crippen LogP contribution >= 0.6 is 22.6 Å². The van der Waals surface area contributed by atoms with Gasteiger partial charge < -0.3 is 4.90 Å². The van der Waals surface area contributed by atoms with Gasteiger partial charge in [0.05, 0.1) is 11.4 Å². The highest BCUT2D eigenvalue weighted by Gasteiger charge is 2.30. The highest BCUT2D eigenvalue weighted by molar-refractivity contribution is 14.1. The Labute approximate surface area is 125 Å². The Morgan fingerprint density at radius 2 is 1.74 bits per heavy atom. The van der Waals surface area contributed by atoms with E-state index in [1.54, 1.807) is 11.9 Å². The maximum atomic E-state index is 12.3. The summed E-state index contributed by atoms with van der Waals surface area (Å²) < 4.78 is 1.03. The van der Waals surface area contributed by atoms with Gasteiger partial charge in [-0.1, -0.05) is 30.3 Å². The zero-order valence-corrected chi connectivity index (χ0v) is 12.5. The normalized spacial score (nSPS) is 16.0. The van der Waals surface area contributed by atoms with Gasteiger partial charge in [-0.25, -0.2) is 4.99 Å². The molecule has 0 saturated carbocycles. The third-order valence-corrected chi connectivity index (χ3v) is 4.02. The molecular formula is C15H11IN2O. The van der Waals surface area contributed by atoms with Gasteiger partial charge in [0, 0.05) is 16.2 Å². The van der Waals surface area contributed by atoms with Gasteiger partial charge in [0.2, 0.25) is 0 Å². The van der Waals surface area contributed by atoms with Gasteiger partial charge in [-0.3, -0.25) is 4.79 Å². The van der Waals surface area contributed by atoms with E-state index in [2.05, 4.69) is 27.6 Å². The Morgan fingerprint density at radius 1 is 1.05 bits per heavy atom. The second-order valence-electron chi connectivity index (χ2n) is 4.29. The lowest BCUT2D eigenvalue weighted by molar-refractivity contribution is -0.111. The van der Waals surface area contributed by atoms with Crippen LogP contribution in [0.15, 0.2) is 53.5 Å². The van der Waals surface area contributed by atoms with E-state index in [1.807, 2.05) is 48.5 Å². The Kier molecular flexibility index (Phi) is 3.10. The first-order valence-electron chi connectivity index (χ1n) is 5.89. The number of anilines is 1. The van der Waals surface area contributed by atoms with Crippen molar-refractivity contribution in [2.45, 2.75) is 0 Å². The number of hydrogen-bond donors (Lipinski definition) is 0. The number of para-hydroxylation sites is 2. The summed E-state index contributed by atoms with van der Waals surface area (Å²) in [6.07, 6.45) is 0. The fraction of sp³-hybridized carbons (Fsp3) is 0.0667. The molecule has 0 radical (unpaired) electrons. The Hall–Kier alpha value is -1.69. The Balaban J connectivity index is 2.16. The molecule has 4 heteroatoms. The second-order valence-corrected chi connectivity index (χ2v) is 5.46. The van der Waals surface area contributed by atoms with E-state index in [9.17, 15) is 4.79 Å². The number of benzene rings is 2. The van der Waals surface area contributed by atoms with Crippen molar-refractivity contribution in [3.8, 4) is 0 Å². The van der Waals surface area contributed by atoms with Crippen molar-refractivity contribution in [3.63, 3.8) is 0 Å². The van der Waals surface area contributed by atoms with E-state index in [-0.39, 0.29) is 5.91 Å². The number of hydrogen-bond acceptors (Lipinski definition) is 2. The van der Waals surface area contributed by atoms with Crippen LogP contribution in [0.25, 0.3) is 0 Å². The summed E-state index contributed by atoms with van der Waals surface area (Å²) in [5, 5.41) is 0. The zero-order valence-electron chi connectivity index (χ0n) is 10.3. The van der Waals surface area contributed by atoms with Crippen LogP contribution in [0.5, 0.6) is 0 Å². The highest BCUT2D eigenvalue weighted by Crippen LogP contribution is 2.30. The summed E-state index contributed by atoms with van der Waals surface area (Å²) in [6, 6.07) is 15.5. The Morgan fingerprint density at radius 3 is 2.53 bits per heavy atom. The third-order valence-electron chi connectivity index (χ3n) is 3.11. The van der Waals surface area contributed by atoms with Crippen LogP contribution in [-0.2, 0) is 4.79 Å². The number of nitrogens with zero attached hydrogens (tertiary/aromatic N) is 2. The van der Waals surface area contributed by atoms with Crippen LogP contribution in [0.1, 0.15) is 5.56 Å². The molecule has 0 saturated heterocycles. The van der Waals surface area contributed by atoms with E-state index in [4.69, 9.17) is 0 Å². The monoisotopic (exact) mass is 362 g/mol. The van der Waals surface area contributed by atoms with Gasteiger partial charge in [-0.15, -0.1) is 0 Å². The topological polar surface area (TPSA) is 32.7 Å². The number of carbonyl (C=O) groups excluding carboxylic acids is 1. The summed E-state index contributed by atoms with van der Waals surface area (Å²) in [5.74, 6) is -0.0548. The number of fused-ring (bicyclic) bond motifs is 1. The van der Waals surface area contributed by atoms with E-state index in [0.717, 1.165) is 20.5 Å². The van der Waals surface area contributed by atoms with Crippen molar-refractivity contribution in [1.82, 2.24) is 0 Å². The number of halogens is 1. The molecule has 1 aliphatic heterocycles. The minimum Gasteiger partial charge on any atom is -0.309 e. The molecule has 3 nitrogen and oxygen atoms in total. The largest absolute Gasteiger partial charge is 0.309 e. The van der Waals surface area contributed by atoms with Crippen molar-refractivity contribution >= 4 is 45.6 Å². The molecule has 0 fully saturated rings. The molecule has 3 rings (SSSR count). The quantitative estimate of drug-likeness (QED) is 0.716. The number of aliphatic imine (C=N–C) groups is 1. The molecule has 0 unspecified atom stereocenters. The van der Waals surface area contributed by atoms with Crippen LogP contribution < -0.4 is 4.90 Å². The summed E-state index contributed by atoms with van der Waals surface area (Å²) >= 11 is 2.23. The molecule has 1 heterocycles. The van der Waals surface area contributed by atoms with Gasteiger partial charge in [-0.2, -0.15) is 0 Å². The number of rotatable bonds is 1. The third kappa shape index (κ3) is 2.06. The first-order chi connectivity index (χ1) is 9.18. The van der Waals surface area contributed by atoms with Crippen LogP contribution in [0.3, 0.4) is 0 Å². The predicted octanol–water partition coefficient (Wildman–Crippen LogP) is 3.39. The summed E-state index contributed by atoms with van der Waals surface area (Å²) in [7, 11) is 1.78. The number of likely N-dealkylation sites (N-methyl/N-ethyl adjacent to an activating group) is 1. The first kappa shape index (κ1) is 12.3. The predicted molar refractivity (Wildman–Crippen MR) is 85.2 cm³/mol. The molecule has 19 heavy (non-hydrogen) atoms. The molecule has 0 aromatic heterocycles. The van der Waals surface area contributed by atoms with E-state index >= 15 is 0 Å². The van der Waals surface area contributed by atoms with Crippen molar-refractivity contribution in [2.75, 3.05) is 11.9 Å². The molecule has 1 aliphatic rings. The number of carbonyl (C=O) groups is 1. The van der Waals surface area contributed by atoms with Gasteiger partial charge in [-0.05, 0) is 40.8 Å². The molecule has 1 amide bonds. The number of amides is 1. The molecule has 94 valence electrons. The van der Waals surface area contributed by atoms with Gasteiger partial charge in [0.15, 0.2) is 0 Å².